The van der Waals surface area contributed by atoms with Crippen molar-refractivity contribution in [3.63, 3.8) is 0 Å². The molecule has 136 valence electrons. The van der Waals surface area contributed by atoms with E-state index in [0.29, 0.717) is 28.0 Å². The van der Waals surface area contributed by atoms with Crippen molar-refractivity contribution >= 4 is 22.4 Å². The third-order valence-corrected chi connectivity index (χ3v) is 4.84. The van der Waals surface area contributed by atoms with Gasteiger partial charge in [-0.3, -0.25) is 15.2 Å². The number of phenols is 1. The molecule has 2 aromatic heterocycles. The van der Waals surface area contributed by atoms with Gasteiger partial charge in [-0.05, 0) is 49.1 Å². The van der Waals surface area contributed by atoms with Crippen LogP contribution in [0, 0.1) is 19.8 Å². The van der Waals surface area contributed by atoms with E-state index in [1.54, 1.807) is 12.1 Å². The van der Waals surface area contributed by atoms with Gasteiger partial charge in [-0.1, -0.05) is 25.2 Å². The Morgan fingerprint density at radius 1 is 1.23 bits per heavy atom. The lowest BCUT2D eigenvalue weighted by Gasteiger charge is -2.05. The van der Waals surface area contributed by atoms with Crippen LogP contribution >= 0.6 is 11.3 Å². The van der Waals surface area contributed by atoms with E-state index >= 15 is 0 Å². The lowest BCUT2D eigenvalue weighted by atomic mass is 10.0. The first kappa shape index (κ1) is 18.1. The van der Waals surface area contributed by atoms with Crippen molar-refractivity contribution in [2.75, 3.05) is 5.32 Å². The molecule has 3 N–H and O–H groups in total. The lowest BCUT2D eigenvalue weighted by Crippen LogP contribution is -2.12. The number of anilines is 1. The minimum atomic E-state index is -0.348. The molecule has 0 radical (unpaired) electrons. The maximum atomic E-state index is 12.4. The Morgan fingerprint density at radius 2 is 1.96 bits per heavy atom. The van der Waals surface area contributed by atoms with Gasteiger partial charge < -0.3 is 5.11 Å². The molecule has 8 heteroatoms. The zero-order chi connectivity index (χ0) is 18.8. The number of hydrogen-bond acceptors (Lipinski definition) is 6. The Balaban J connectivity index is 1.76. The summed E-state index contributed by atoms with van der Waals surface area (Å²) < 4.78 is 0. The summed E-state index contributed by atoms with van der Waals surface area (Å²) in [5.41, 5.74) is 3.41. The molecule has 0 atom stereocenters. The van der Waals surface area contributed by atoms with Gasteiger partial charge >= 0.3 is 0 Å². The van der Waals surface area contributed by atoms with Gasteiger partial charge in [0.2, 0.25) is 5.13 Å². The van der Waals surface area contributed by atoms with Crippen LogP contribution in [0.15, 0.2) is 18.2 Å². The molecule has 0 aliphatic rings. The van der Waals surface area contributed by atoms with E-state index in [4.69, 9.17) is 0 Å². The fourth-order valence-corrected chi connectivity index (χ4v) is 3.43. The van der Waals surface area contributed by atoms with Crippen LogP contribution in [-0.2, 0) is 6.42 Å². The van der Waals surface area contributed by atoms with Crippen molar-refractivity contribution in [3.05, 3.63) is 40.0 Å². The van der Waals surface area contributed by atoms with E-state index in [1.807, 2.05) is 19.9 Å². The zero-order valence-electron chi connectivity index (χ0n) is 15.1. The highest BCUT2D eigenvalue weighted by Gasteiger charge is 2.16. The number of carbonyl (C=O) groups is 1. The largest absolute Gasteiger partial charge is 0.507 e. The topological polar surface area (TPSA) is 104 Å². The average Bonchev–Trinajstić information content (AvgIpc) is 3.20. The van der Waals surface area contributed by atoms with E-state index in [1.165, 1.54) is 11.3 Å². The maximum absolute atomic E-state index is 12.4. The van der Waals surface area contributed by atoms with E-state index in [0.717, 1.165) is 22.6 Å². The molecule has 0 fully saturated rings. The van der Waals surface area contributed by atoms with Crippen molar-refractivity contribution < 1.29 is 9.90 Å². The maximum Gasteiger partial charge on any atom is 0.275 e. The highest BCUT2D eigenvalue weighted by Crippen LogP contribution is 2.31. The smallest absolute Gasteiger partial charge is 0.275 e. The van der Waals surface area contributed by atoms with Crippen LogP contribution in [0.2, 0.25) is 0 Å². The first-order chi connectivity index (χ1) is 12.3. The summed E-state index contributed by atoms with van der Waals surface area (Å²) in [4.78, 5) is 12.4. The number of aromatic amines is 1. The molecule has 1 aromatic carbocycles. The second-order valence-corrected chi connectivity index (χ2v) is 7.74. The van der Waals surface area contributed by atoms with Crippen LogP contribution in [0.3, 0.4) is 0 Å². The van der Waals surface area contributed by atoms with E-state index in [9.17, 15) is 9.90 Å². The number of H-pyrrole nitrogens is 1. The molecule has 0 spiro atoms. The first-order valence-electron chi connectivity index (χ1n) is 8.33. The third-order valence-electron chi connectivity index (χ3n) is 3.98. The number of amides is 1. The summed E-state index contributed by atoms with van der Waals surface area (Å²) in [6.45, 7) is 8.10. The number of phenolic OH excluding ortho intramolecular Hbond substituents is 1. The van der Waals surface area contributed by atoms with Gasteiger partial charge in [-0.2, -0.15) is 5.10 Å². The molecule has 0 bridgehead atoms. The van der Waals surface area contributed by atoms with Crippen molar-refractivity contribution in [1.29, 1.82) is 0 Å². The minimum absolute atomic E-state index is 0.133. The number of aryl methyl sites for hydroxylation is 2. The molecule has 7 nitrogen and oxygen atoms in total. The lowest BCUT2D eigenvalue weighted by molar-refractivity contribution is 0.102. The van der Waals surface area contributed by atoms with E-state index < -0.39 is 0 Å². The molecule has 3 rings (SSSR count). The number of carbonyl (C=O) groups excluding carboxylic acids is 1. The SMILES string of the molecule is Cc1cc(O)c(-c2cc(C(=O)Nc3nnc(CC(C)C)s3)[nH]n2)cc1C. The number of aromatic hydroxyl groups is 1. The predicted octanol–water partition coefficient (Wildman–Crippen LogP) is 3.70. The molecular weight excluding hydrogens is 350 g/mol. The second-order valence-electron chi connectivity index (χ2n) is 6.67. The van der Waals surface area contributed by atoms with Gasteiger partial charge in [0.05, 0.1) is 5.69 Å². The van der Waals surface area contributed by atoms with Gasteiger partial charge in [0.1, 0.15) is 16.5 Å². The average molecular weight is 371 g/mol. The van der Waals surface area contributed by atoms with Crippen LogP contribution in [0.25, 0.3) is 11.3 Å². The van der Waals surface area contributed by atoms with Gasteiger partial charge in [-0.25, -0.2) is 0 Å². The monoisotopic (exact) mass is 371 g/mol. The number of rotatable bonds is 5. The van der Waals surface area contributed by atoms with Crippen molar-refractivity contribution in [2.24, 2.45) is 5.92 Å². The molecule has 3 aromatic rings. The summed E-state index contributed by atoms with van der Waals surface area (Å²) >= 11 is 1.36. The van der Waals surface area contributed by atoms with Crippen LogP contribution in [0.4, 0.5) is 5.13 Å². The highest BCUT2D eigenvalue weighted by atomic mass is 32.1. The standard InChI is InChI=1S/C18H21N5O2S/c1-9(2)5-16-22-23-18(26-16)19-17(25)14-8-13(20-21-14)12-6-10(3)11(4)7-15(12)24/h6-9,24H,5H2,1-4H3,(H,20,21)(H,19,23,25). The Hall–Kier alpha value is -2.74. The summed E-state index contributed by atoms with van der Waals surface area (Å²) in [6.07, 6.45) is 0.827. The molecule has 0 unspecified atom stereocenters. The third kappa shape index (κ3) is 3.91. The number of benzene rings is 1. The Bertz CT molecular complexity index is 945. The summed E-state index contributed by atoms with van der Waals surface area (Å²) in [5, 5.41) is 29.2. The van der Waals surface area contributed by atoms with Crippen molar-refractivity contribution in [1.82, 2.24) is 20.4 Å². The molecule has 0 saturated heterocycles. The fraction of sp³-hybridized carbons (Fsp3) is 0.333. The number of nitrogens with one attached hydrogen (secondary N) is 2. The van der Waals surface area contributed by atoms with Gasteiger partial charge in [0.25, 0.3) is 5.91 Å². The Morgan fingerprint density at radius 3 is 2.69 bits per heavy atom. The number of nitrogens with zero attached hydrogens (tertiary/aromatic N) is 3. The second kappa shape index (κ2) is 7.25. The normalized spacial score (nSPS) is 11.1. The summed E-state index contributed by atoms with van der Waals surface area (Å²) in [6, 6.07) is 5.15. The van der Waals surface area contributed by atoms with Crippen LogP contribution in [0.1, 0.15) is 40.5 Å². The minimum Gasteiger partial charge on any atom is -0.507 e. The van der Waals surface area contributed by atoms with E-state index in [-0.39, 0.29) is 11.7 Å². The quantitative estimate of drug-likeness (QED) is 0.634. The van der Waals surface area contributed by atoms with Crippen LogP contribution < -0.4 is 5.32 Å². The molecule has 2 heterocycles. The highest BCUT2D eigenvalue weighted by molar-refractivity contribution is 7.15. The molecule has 1 amide bonds. The molecule has 0 aliphatic carbocycles. The van der Waals surface area contributed by atoms with Crippen molar-refractivity contribution in [3.8, 4) is 17.0 Å². The Labute approximate surface area is 155 Å². The summed E-state index contributed by atoms with van der Waals surface area (Å²) in [5.74, 6) is 0.264. The fourth-order valence-electron chi connectivity index (χ4n) is 2.48. The zero-order valence-corrected chi connectivity index (χ0v) is 15.9. The summed E-state index contributed by atoms with van der Waals surface area (Å²) in [7, 11) is 0. The van der Waals surface area contributed by atoms with Gasteiger partial charge in [0, 0.05) is 12.0 Å². The number of hydrogen-bond donors (Lipinski definition) is 3. The molecular formula is C18H21N5O2S. The Kier molecular flexibility index (Phi) is 5.03. The molecule has 26 heavy (non-hydrogen) atoms. The van der Waals surface area contributed by atoms with Gasteiger partial charge in [0.15, 0.2) is 0 Å². The molecule has 0 saturated carbocycles. The number of aromatic nitrogens is 4. The predicted molar refractivity (Wildman–Crippen MR) is 102 cm³/mol. The van der Waals surface area contributed by atoms with Crippen molar-refractivity contribution in [2.45, 2.75) is 34.1 Å². The van der Waals surface area contributed by atoms with E-state index in [2.05, 4.69) is 39.6 Å². The van der Waals surface area contributed by atoms with Gasteiger partial charge in [-0.15, -0.1) is 10.2 Å². The van der Waals surface area contributed by atoms with Crippen LogP contribution in [-0.4, -0.2) is 31.4 Å². The first-order valence-corrected chi connectivity index (χ1v) is 9.15. The molecule has 0 aliphatic heterocycles. The van der Waals surface area contributed by atoms with Crippen LogP contribution in [0.5, 0.6) is 5.75 Å².